The molecule has 10 nitrogen and oxygen atoms in total. The lowest BCUT2D eigenvalue weighted by Gasteiger charge is -2.43. The molecule has 3 fully saturated rings. The zero-order valence-corrected chi connectivity index (χ0v) is 29.4. The number of amides is 3. The number of thiazole rings is 1. The monoisotopic (exact) mass is 751 g/mol. The van der Waals surface area contributed by atoms with Gasteiger partial charge in [0.25, 0.3) is 5.91 Å². The van der Waals surface area contributed by atoms with Gasteiger partial charge in [-0.1, -0.05) is 23.5 Å². The minimum Gasteiger partial charge on any atom is -0.497 e. The Morgan fingerprint density at radius 2 is 1.71 bits per heavy atom. The molecule has 2 aliphatic carbocycles. The van der Waals surface area contributed by atoms with E-state index in [1.54, 1.807) is 37.4 Å². The van der Waals surface area contributed by atoms with E-state index >= 15 is 0 Å². The van der Waals surface area contributed by atoms with Crippen LogP contribution in [0, 0.1) is 29.6 Å². The van der Waals surface area contributed by atoms with E-state index in [9.17, 15) is 32.3 Å². The number of nitrogens with zero attached hydrogens (tertiary/aromatic N) is 1. The summed E-state index contributed by atoms with van der Waals surface area (Å²) in [5.74, 6) is -2.22. The van der Waals surface area contributed by atoms with E-state index in [-0.39, 0.29) is 52.0 Å². The summed E-state index contributed by atoms with van der Waals surface area (Å²) in [4.78, 5) is 57.9. The molecule has 2 saturated carbocycles. The SMILES string of the molecule is CCOc1cc([C@H]2c3sc(=O)[nH]c3SC3C4CC(C5C(=O)N(c6cccc(C(F)(F)F)c6)C(=O)C45)C32)ccc1OCC(=O)Nc1ccc(OC)cc1. The first kappa shape index (κ1) is 34.3. The van der Waals surface area contributed by atoms with Crippen LogP contribution in [0.5, 0.6) is 17.2 Å². The first-order valence-electron chi connectivity index (χ1n) is 16.7. The van der Waals surface area contributed by atoms with Crippen LogP contribution >= 0.6 is 23.1 Å². The van der Waals surface area contributed by atoms with Crippen molar-refractivity contribution in [2.24, 2.45) is 29.6 Å². The number of fused-ring (bicyclic) bond motifs is 9. The molecule has 0 spiro atoms. The maximum absolute atomic E-state index is 14.1. The molecule has 0 radical (unpaired) electrons. The molecule has 3 heterocycles. The van der Waals surface area contributed by atoms with Crippen LogP contribution in [0.3, 0.4) is 0 Å². The fourth-order valence-corrected chi connectivity index (χ4v) is 11.5. The maximum atomic E-state index is 14.1. The number of H-pyrrole nitrogens is 1. The van der Waals surface area contributed by atoms with Gasteiger partial charge in [-0.15, -0.1) is 11.8 Å². The van der Waals surface area contributed by atoms with E-state index < -0.39 is 35.4 Å². The van der Waals surface area contributed by atoms with Gasteiger partial charge in [-0.2, -0.15) is 13.2 Å². The minimum atomic E-state index is -4.63. The van der Waals surface area contributed by atoms with Crippen LogP contribution < -0.4 is 29.3 Å². The molecular weight excluding hydrogens is 720 g/mol. The number of methoxy groups -OCH3 is 1. The number of imide groups is 1. The number of hydrogen-bond donors (Lipinski definition) is 2. The molecule has 2 N–H and O–H groups in total. The molecule has 1 saturated heterocycles. The number of halogens is 3. The average Bonchev–Trinajstić information content (AvgIpc) is 3.86. The lowest BCUT2D eigenvalue weighted by atomic mass is 9.68. The predicted molar refractivity (Wildman–Crippen MR) is 187 cm³/mol. The maximum Gasteiger partial charge on any atom is 0.416 e. The Labute approximate surface area is 303 Å². The largest absolute Gasteiger partial charge is 0.497 e. The Morgan fingerprint density at radius 3 is 2.42 bits per heavy atom. The van der Waals surface area contributed by atoms with Crippen molar-refractivity contribution in [2.45, 2.75) is 35.7 Å². The quantitative estimate of drug-likeness (QED) is 0.184. The molecule has 3 amide bonds. The van der Waals surface area contributed by atoms with Crippen LogP contribution in [0.4, 0.5) is 24.5 Å². The second kappa shape index (κ2) is 13.0. The van der Waals surface area contributed by atoms with Crippen LogP contribution in [0.15, 0.2) is 76.6 Å². The molecule has 7 atom stereocenters. The van der Waals surface area contributed by atoms with Gasteiger partial charge in [0.05, 0.1) is 41.8 Å². The van der Waals surface area contributed by atoms with Gasteiger partial charge in [0.2, 0.25) is 11.8 Å². The average molecular weight is 752 g/mol. The zero-order chi connectivity index (χ0) is 36.5. The van der Waals surface area contributed by atoms with Gasteiger partial charge < -0.3 is 24.5 Å². The number of aromatic amines is 1. The molecule has 3 aromatic carbocycles. The van der Waals surface area contributed by atoms with Crippen LogP contribution in [0.1, 0.15) is 35.3 Å². The molecule has 270 valence electrons. The van der Waals surface area contributed by atoms with Crippen LogP contribution in [-0.2, 0) is 20.6 Å². The minimum absolute atomic E-state index is 0.0798. The van der Waals surface area contributed by atoms with Gasteiger partial charge in [0.15, 0.2) is 18.1 Å². The van der Waals surface area contributed by atoms with Crippen molar-refractivity contribution in [3.63, 3.8) is 0 Å². The van der Waals surface area contributed by atoms with Crippen LogP contribution in [0.2, 0.25) is 0 Å². The van der Waals surface area contributed by atoms with Crippen molar-refractivity contribution in [1.82, 2.24) is 4.98 Å². The number of ether oxygens (including phenoxy) is 3. The van der Waals surface area contributed by atoms with Crippen molar-refractivity contribution < 1.29 is 41.8 Å². The van der Waals surface area contributed by atoms with Crippen LogP contribution in [0.25, 0.3) is 0 Å². The number of hydrogen-bond acceptors (Lipinski definition) is 9. The third-order valence-electron chi connectivity index (χ3n) is 10.5. The topological polar surface area (TPSA) is 127 Å². The Hall–Kier alpha value is -4.76. The Kier molecular flexibility index (Phi) is 8.60. The molecular formula is C37H32F3N3O7S2. The highest BCUT2D eigenvalue weighted by atomic mass is 32.2. The lowest BCUT2D eigenvalue weighted by molar-refractivity contribution is -0.137. The zero-order valence-electron chi connectivity index (χ0n) is 27.8. The van der Waals surface area contributed by atoms with E-state index in [0.29, 0.717) is 41.0 Å². The van der Waals surface area contributed by atoms with E-state index in [1.165, 1.54) is 23.9 Å². The summed E-state index contributed by atoms with van der Waals surface area (Å²) < 4.78 is 57.8. The number of benzene rings is 3. The van der Waals surface area contributed by atoms with Gasteiger partial charge >= 0.3 is 11.0 Å². The molecule has 4 aromatic rings. The second-order valence-corrected chi connectivity index (χ2v) is 15.4. The fraction of sp³-hybridized carbons (Fsp3) is 0.351. The summed E-state index contributed by atoms with van der Waals surface area (Å²) in [6, 6.07) is 16.7. The highest BCUT2D eigenvalue weighted by Gasteiger charge is 2.69. The standard InChI is InChI=1S/C37H32F3N3O7S2/c1-3-49-25-13-17(7-12-24(25)50-16-26(44)41-19-8-10-21(48-2)11-9-19)27-28-22-15-23(31(28)51-33-32(27)52-36(47)42-33)30-29(22)34(45)43(35(30)46)20-6-4-5-18(14-20)37(38,39)40/h4-14,22-23,27-31H,3,15-16H2,1-2H3,(H,41,44)(H,42,47)/t22?,23?,27-,28?,29?,30?,31?/m1/s1. The first-order chi connectivity index (χ1) is 25.0. The number of rotatable bonds is 9. The van der Waals surface area contributed by atoms with Gasteiger partial charge in [-0.05, 0) is 91.3 Å². The number of carbonyl (C=O) groups is 3. The highest BCUT2D eigenvalue weighted by molar-refractivity contribution is 8.00. The summed E-state index contributed by atoms with van der Waals surface area (Å²) in [6.45, 7) is 1.85. The van der Waals surface area contributed by atoms with Crippen molar-refractivity contribution in [2.75, 3.05) is 30.5 Å². The normalized spacial score (nSPS) is 25.8. The summed E-state index contributed by atoms with van der Waals surface area (Å²) in [5.41, 5.74) is 0.387. The number of carbonyl (C=O) groups excluding carboxylic acids is 3. The smallest absolute Gasteiger partial charge is 0.416 e. The third kappa shape index (κ3) is 5.74. The first-order valence-corrected chi connectivity index (χ1v) is 18.4. The van der Waals surface area contributed by atoms with Gasteiger partial charge in [-0.25, -0.2) is 0 Å². The lowest BCUT2D eigenvalue weighted by Crippen LogP contribution is -2.42. The van der Waals surface area contributed by atoms with Crippen molar-refractivity contribution in [1.29, 1.82) is 0 Å². The Balaban J connectivity index is 1.09. The predicted octanol–water partition coefficient (Wildman–Crippen LogP) is 6.56. The molecule has 2 aliphatic heterocycles. The summed E-state index contributed by atoms with van der Waals surface area (Å²) in [7, 11) is 1.55. The number of aromatic nitrogens is 1. The molecule has 1 aromatic heterocycles. The van der Waals surface area contributed by atoms with Crippen molar-refractivity contribution in [3.8, 4) is 17.2 Å². The Bertz CT molecular complexity index is 2140. The molecule has 4 aliphatic rings. The van der Waals surface area contributed by atoms with Crippen LogP contribution in [-0.4, -0.2) is 48.3 Å². The number of anilines is 2. The number of nitrogens with one attached hydrogen (secondary N) is 2. The second-order valence-electron chi connectivity index (χ2n) is 13.2. The summed E-state index contributed by atoms with van der Waals surface area (Å²) in [6.07, 6.45) is -4.02. The Morgan fingerprint density at radius 1 is 0.962 bits per heavy atom. The molecule has 8 rings (SSSR count). The van der Waals surface area contributed by atoms with Gasteiger partial charge in [0, 0.05) is 21.7 Å². The fourth-order valence-electron chi connectivity index (χ4n) is 8.59. The van der Waals surface area contributed by atoms with Crippen molar-refractivity contribution >= 4 is 52.2 Å². The van der Waals surface area contributed by atoms with Crippen molar-refractivity contribution in [3.05, 3.63) is 92.4 Å². The van der Waals surface area contributed by atoms with Gasteiger partial charge in [-0.3, -0.25) is 24.1 Å². The number of alkyl halides is 3. The van der Waals surface area contributed by atoms with E-state index in [1.807, 2.05) is 19.1 Å². The molecule has 52 heavy (non-hydrogen) atoms. The summed E-state index contributed by atoms with van der Waals surface area (Å²) >= 11 is 2.62. The molecule has 6 unspecified atom stereocenters. The molecule has 15 heteroatoms. The molecule has 2 bridgehead atoms. The number of thioether (sulfide) groups is 1. The van der Waals surface area contributed by atoms with E-state index in [4.69, 9.17) is 14.2 Å². The summed E-state index contributed by atoms with van der Waals surface area (Å²) in [5, 5.41) is 3.37. The van der Waals surface area contributed by atoms with E-state index in [0.717, 1.165) is 38.8 Å². The third-order valence-corrected chi connectivity index (χ3v) is 13.1. The van der Waals surface area contributed by atoms with Gasteiger partial charge in [0.1, 0.15) is 5.75 Å². The van der Waals surface area contributed by atoms with E-state index in [2.05, 4.69) is 10.3 Å². The highest BCUT2D eigenvalue weighted by Crippen LogP contribution is 2.69.